The van der Waals surface area contributed by atoms with Crippen LogP contribution in [0.1, 0.15) is 35.0 Å². The first-order valence-electron chi connectivity index (χ1n) is 10.8. The lowest BCUT2D eigenvalue weighted by Gasteiger charge is -2.27. The van der Waals surface area contributed by atoms with Crippen molar-refractivity contribution in [2.24, 2.45) is 5.73 Å². The maximum atomic E-state index is 9.25. The van der Waals surface area contributed by atoms with Gasteiger partial charge in [-0.1, -0.05) is 17.7 Å². The van der Waals surface area contributed by atoms with Gasteiger partial charge in [0.1, 0.15) is 5.82 Å². The highest BCUT2D eigenvalue weighted by Gasteiger charge is 2.33. The zero-order valence-corrected chi connectivity index (χ0v) is 19.9. The SMILES string of the molecule is CSc1cc(C)c2c(ccn2-c2ccc(C)cc2)c1C(C)(N)c1nc2cc(C#N)ccc2[nH]1. The van der Waals surface area contributed by atoms with E-state index in [1.807, 2.05) is 13.0 Å². The molecule has 164 valence electrons. The molecule has 3 N–H and O–H groups in total. The smallest absolute Gasteiger partial charge is 0.131 e. The summed E-state index contributed by atoms with van der Waals surface area (Å²) in [5.74, 6) is 0.677. The lowest BCUT2D eigenvalue weighted by atomic mass is 9.88. The lowest BCUT2D eigenvalue weighted by Crippen LogP contribution is -2.36. The Morgan fingerprint density at radius 3 is 2.55 bits per heavy atom. The fraction of sp³-hybridized carbons (Fsp3) is 0.185. The number of fused-ring (bicyclic) bond motifs is 2. The molecule has 0 aliphatic rings. The highest BCUT2D eigenvalue weighted by molar-refractivity contribution is 7.98. The van der Waals surface area contributed by atoms with Crippen LogP contribution in [0, 0.1) is 25.2 Å². The van der Waals surface area contributed by atoms with E-state index in [4.69, 9.17) is 10.7 Å². The van der Waals surface area contributed by atoms with Crippen molar-refractivity contribution in [3.05, 3.63) is 88.9 Å². The third-order valence-corrected chi connectivity index (χ3v) is 7.04. The molecule has 2 heterocycles. The molecule has 2 aromatic heterocycles. The fourth-order valence-corrected chi connectivity index (χ4v) is 5.38. The number of nitrogens with one attached hydrogen (secondary N) is 1. The predicted molar refractivity (Wildman–Crippen MR) is 136 cm³/mol. The average Bonchev–Trinajstić information content (AvgIpc) is 3.44. The Balaban J connectivity index is 1.75. The molecule has 0 bridgehead atoms. The van der Waals surface area contributed by atoms with Crippen molar-refractivity contribution in [1.29, 1.82) is 5.26 Å². The molecule has 0 fully saturated rings. The first kappa shape index (κ1) is 21.3. The van der Waals surface area contributed by atoms with E-state index in [2.05, 4.69) is 78.3 Å². The van der Waals surface area contributed by atoms with Gasteiger partial charge in [0, 0.05) is 27.7 Å². The highest BCUT2D eigenvalue weighted by Crippen LogP contribution is 2.41. The van der Waals surface area contributed by atoms with Crippen molar-refractivity contribution >= 4 is 33.7 Å². The van der Waals surface area contributed by atoms with Gasteiger partial charge in [-0.3, -0.25) is 0 Å². The summed E-state index contributed by atoms with van der Waals surface area (Å²) >= 11 is 1.69. The van der Waals surface area contributed by atoms with Crippen LogP contribution in [0.25, 0.3) is 27.6 Å². The second-order valence-corrected chi connectivity index (χ2v) is 9.53. The summed E-state index contributed by atoms with van der Waals surface area (Å²) < 4.78 is 2.23. The molecular weight excluding hydrogens is 426 g/mol. The predicted octanol–water partition coefficient (Wildman–Crippen LogP) is 5.94. The largest absolute Gasteiger partial charge is 0.340 e. The summed E-state index contributed by atoms with van der Waals surface area (Å²) in [7, 11) is 0. The topological polar surface area (TPSA) is 83.4 Å². The zero-order valence-electron chi connectivity index (χ0n) is 19.1. The molecule has 33 heavy (non-hydrogen) atoms. The van der Waals surface area contributed by atoms with Gasteiger partial charge in [-0.15, -0.1) is 11.8 Å². The minimum absolute atomic E-state index is 0.581. The minimum Gasteiger partial charge on any atom is -0.340 e. The lowest BCUT2D eigenvalue weighted by molar-refractivity contribution is 0.562. The molecule has 0 saturated heterocycles. The van der Waals surface area contributed by atoms with Crippen LogP contribution in [0.5, 0.6) is 0 Å². The Bertz CT molecular complexity index is 1550. The number of hydrogen-bond donors (Lipinski definition) is 2. The Morgan fingerprint density at radius 1 is 1.09 bits per heavy atom. The normalized spacial score (nSPS) is 13.3. The van der Waals surface area contributed by atoms with E-state index in [1.54, 1.807) is 23.9 Å². The molecule has 0 aliphatic heterocycles. The van der Waals surface area contributed by atoms with Crippen LogP contribution in [-0.4, -0.2) is 20.8 Å². The van der Waals surface area contributed by atoms with Crippen LogP contribution in [0.2, 0.25) is 0 Å². The number of H-pyrrole nitrogens is 1. The Morgan fingerprint density at radius 2 is 1.85 bits per heavy atom. The molecule has 5 aromatic rings. The number of imidazole rings is 1. The quantitative estimate of drug-likeness (QED) is 0.331. The minimum atomic E-state index is -0.865. The number of nitrogens with two attached hydrogens (primary N) is 1. The standard InChI is InChI=1S/C27H25N5S/c1-16-5-8-19(9-6-16)32-12-11-20-24(23(33-4)13-17(2)25(20)32)27(3,29)26-30-21-10-7-18(15-28)14-22(21)31-26/h5-14H,29H2,1-4H3,(H,30,31). The van der Waals surface area contributed by atoms with Gasteiger partial charge >= 0.3 is 0 Å². The van der Waals surface area contributed by atoms with E-state index < -0.39 is 5.54 Å². The zero-order chi connectivity index (χ0) is 23.3. The molecule has 3 aromatic carbocycles. The molecule has 1 atom stereocenters. The number of aromatic amines is 1. The second kappa shape index (κ2) is 7.80. The monoisotopic (exact) mass is 451 g/mol. The molecule has 0 radical (unpaired) electrons. The molecule has 0 aliphatic carbocycles. The fourth-order valence-electron chi connectivity index (χ4n) is 4.56. The molecular formula is C27H25N5S. The van der Waals surface area contributed by atoms with Gasteiger partial charge in [0.2, 0.25) is 0 Å². The molecule has 5 nitrogen and oxygen atoms in total. The van der Waals surface area contributed by atoms with Crippen LogP contribution >= 0.6 is 11.8 Å². The number of nitrogens with zero attached hydrogens (tertiary/aromatic N) is 3. The first-order valence-corrected chi connectivity index (χ1v) is 12.0. The van der Waals surface area contributed by atoms with Crippen molar-refractivity contribution in [1.82, 2.24) is 14.5 Å². The number of aryl methyl sites for hydroxylation is 2. The highest BCUT2D eigenvalue weighted by atomic mass is 32.2. The van der Waals surface area contributed by atoms with Gasteiger partial charge in [0.05, 0.1) is 33.7 Å². The van der Waals surface area contributed by atoms with Crippen LogP contribution in [0.4, 0.5) is 0 Å². The van der Waals surface area contributed by atoms with Gasteiger partial charge in [0.15, 0.2) is 0 Å². The van der Waals surface area contributed by atoms with E-state index in [-0.39, 0.29) is 0 Å². The van der Waals surface area contributed by atoms with Crippen molar-refractivity contribution in [3.63, 3.8) is 0 Å². The molecule has 6 heteroatoms. The van der Waals surface area contributed by atoms with E-state index in [0.29, 0.717) is 11.4 Å². The van der Waals surface area contributed by atoms with Crippen LogP contribution in [-0.2, 0) is 5.54 Å². The van der Waals surface area contributed by atoms with E-state index in [0.717, 1.165) is 38.1 Å². The van der Waals surface area contributed by atoms with Crippen LogP contribution < -0.4 is 5.73 Å². The third kappa shape index (κ3) is 3.41. The third-order valence-electron chi connectivity index (χ3n) is 6.28. The molecule has 1 unspecified atom stereocenters. The Kier molecular flexibility index (Phi) is 5.04. The number of aromatic nitrogens is 3. The summed E-state index contributed by atoms with van der Waals surface area (Å²) in [5.41, 5.74) is 14.1. The molecule has 0 spiro atoms. The Labute approximate surface area is 197 Å². The second-order valence-electron chi connectivity index (χ2n) is 8.69. The number of hydrogen-bond acceptors (Lipinski definition) is 4. The van der Waals surface area contributed by atoms with E-state index in [1.165, 1.54) is 11.1 Å². The average molecular weight is 452 g/mol. The number of rotatable bonds is 4. The summed E-state index contributed by atoms with van der Waals surface area (Å²) in [6.45, 7) is 6.25. The maximum Gasteiger partial charge on any atom is 0.131 e. The number of thioether (sulfide) groups is 1. The summed E-state index contributed by atoms with van der Waals surface area (Å²) in [5, 5.41) is 10.4. The van der Waals surface area contributed by atoms with Crippen LogP contribution in [0.3, 0.4) is 0 Å². The molecule has 5 rings (SSSR count). The number of benzene rings is 3. The van der Waals surface area contributed by atoms with Crippen molar-refractivity contribution in [3.8, 4) is 11.8 Å². The van der Waals surface area contributed by atoms with Gasteiger partial charge in [-0.2, -0.15) is 5.26 Å². The van der Waals surface area contributed by atoms with E-state index in [9.17, 15) is 5.26 Å². The van der Waals surface area contributed by atoms with Crippen molar-refractivity contribution in [2.45, 2.75) is 31.2 Å². The van der Waals surface area contributed by atoms with E-state index >= 15 is 0 Å². The summed E-state index contributed by atoms with van der Waals surface area (Å²) in [4.78, 5) is 9.33. The van der Waals surface area contributed by atoms with Gasteiger partial charge in [-0.05, 0) is 75.1 Å². The maximum absolute atomic E-state index is 9.25. The van der Waals surface area contributed by atoms with Gasteiger partial charge in [0.25, 0.3) is 0 Å². The van der Waals surface area contributed by atoms with Gasteiger partial charge < -0.3 is 15.3 Å². The first-order chi connectivity index (χ1) is 15.8. The molecule has 0 saturated carbocycles. The van der Waals surface area contributed by atoms with Crippen molar-refractivity contribution < 1.29 is 0 Å². The number of nitriles is 1. The summed E-state index contributed by atoms with van der Waals surface area (Å²) in [6, 6.07) is 20.6. The molecule has 0 amide bonds. The van der Waals surface area contributed by atoms with Crippen molar-refractivity contribution in [2.75, 3.05) is 6.26 Å². The van der Waals surface area contributed by atoms with Crippen LogP contribution in [0.15, 0.2) is 65.7 Å². The summed E-state index contributed by atoms with van der Waals surface area (Å²) in [6.07, 6.45) is 4.19. The van der Waals surface area contributed by atoms with Gasteiger partial charge in [-0.25, -0.2) is 4.98 Å². The Hall–Kier alpha value is -3.53.